The Hall–Kier alpha value is -2.52. The van der Waals surface area contributed by atoms with E-state index >= 15 is 0 Å². The molecule has 0 atom stereocenters. The number of aromatic nitrogens is 1. The summed E-state index contributed by atoms with van der Waals surface area (Å²) in [6.45, 7) is 8.07. The molecule has 0 saturated carbocycles. The molecule has 0 radical (unpaired) electrons. The number of amides is 1. The number of nitrogens with one attached hydrogen (secondary N) is 1. The first-order chi connectivity index (χ1) is 14.2. The summed E-state index contributed by atoms with van der Waals surface area (Å²) in [5.41, 5.74) is 2.71. The Kier molecular flexibility index (Phi) is 7.04. The fourth-order valence-corrected chi connectivity index (χ4v) is 3.20. The van der Waals surface area contributed by atoms with Gasteiger partial charge in [-0.3, -0.25) is 0 Å². The van der Waals surface area contributed by atoms with Gasteiger partial charge in [0, 0.05) is 34.9 Å². The fraction of sp³-hybridized carbons (Fsp3) is 0.381. The zero-order valence-corrected chi connectivity index (χ0v) is 18.7. The Balaban J connectivity index is 1.90. The highest BCUT2D eigenvalue weighted by molar-refractivity contribution is 9.10. The summed E-state index contributed by atoms with van der Waals surface area (Å²) in [6.07, 6.45) is 0.887. The Bertz CT molecular complexity index is 923. The monoisotopic (exact) mass is 478 g/mol. The average molecular weight is 479 g/mol. The van der Waals surface area contributed by atoms with E-state index in [1.807, 2.05) is 6.07 Å². The first-order valence-corrected chi connectivity index (χ1v) is 10.3. The minimum atomic E-state index is -0.726. The number of carbonyl (C=O) groups is 1. The lowest BCUT2D eigenvalue weighted by atomic mass is 10.0. The molecule has 3 rings (SSSR count). The number of hydrogen-bond donors (Lipinski definition) is 1. The van der Waals surface area contributed by atoms with Gasteiger partial charge in [0.05, 0.1) is 13.2 Å². The number of pyridine rings is 1. The minimum Gasteiger partial charge on any atom is -0.443 e. The predicted octanol–water partition coefficient (Wildman–Crippen LogP) is 4.10. The third kappa shape index (κ3) is 5.99. The summed E-state index contributed by atoms with van der Waals surface area (Å²) in [6, 6.07) is 8.28. The van der Waals surface area contributed by atoms with Gasteiger partial charge in [-0.25, -0.2) is 19.6 Å². The second-order valence-electron chi connectivity index (χ2n) is 7.70. The van der Waals surface area contributed by atoms with Gasteiger partial charge in [-0.1, -0.05) is 15.9 Å². The lowest BCUT2D eigenvalue weighted by Crippen LogP contribution is -2.36. The topological polar surface area (TPSA) is 76.0 Å². The van der Waals surface area contributed by atoms with Crippen LogP contribution in [0.4, 0.5) is 15.0 Å². The van der Waals surface area contributed by atoms with E-state index in [-0.39, 0.29) is 11.3 Å². The summed E-state index contributed by atoms with van der Waals surface area (Å²) in [4.78, 5) is 18.7. The van der Waals surface area contributed by atoms with Crippen LogP contribution < -0.4 is 10.3 Å². The van der Waals surface area contributed by atoms with Gasteiger partial charge in [0.25, 0.3) is 0 Å². The highest BCUT2D eigenvalue weighted by Crippen LogP contribution is 2.21. The van der Waals surface area contributed by atoms with E-state index in [9.17, 15) is 9.18 Å². The van der Waals surface area contributed by atoms with Crippen LogP contribution in [-0.2, 0) is 9.47 Å². The minimum absolute atomic E-state index is 0.232. The molecule has 1 fully saturated rings. The second kappa shape index (κ2) is 9.53. The molecule has 2 aromatic rings. The molecular formula is C21H24BrFN4O3. The van der Waals surface area contributed by atoms with Crippen molar-refractivity contribution in [2.24, 2.45) is 5.10 Å². The van der Waals surface area contributed by atoms with E-state index in [1.54, 1.807) is 45.2 Å². The largest absolute Gasteiger partial charge is 0.443 e. The maximum absolute atomic E-state index is 14.7. The van der Waals surface area contributed by atoms with Gasteiger partial charge in [-0.05, 0) is 51.1 Å². The molecule has 0 spiro atoms. The number of benzene rings is 1. The Morgan fingerprint density at radius 2 is 2.00 bits per heavy atom. The van der Waals surface area contributed by atoms with E-state index < -0.39 is 17.5 Å². The molecule has 1 aliphatic heterocycles. The fourth-order valence-electron chi connectivity index (χ4n) is 2.87. The highest BCUT2D eigenvalue weighted by Gasteiger charge is 2.19. The third-order valence-electron chi connectivity index (χ3n) is 4.20. The van der Waals surface area contributed by atoms with Crippen LogP contribution in [0.15, 0.2) is 46.1 Å². The molecule has 0 unspecified atom stereocenters. The maximum Gasteiger partial charge on any atom is 0.428 e. The van der Waals surface area contributed by atoms with Crippen LogP contribution in [0.3, 0.4) is 0 Å². The van der Waals surface area contributed by atoms with Crippen molar-refractivity contribution in [2.75, 3.05) is 31.2 Å². The first-order valence-electron chi connectivity index (χ1n) is 9.54. The quantitative estimate of drug-likeness (QED) is 0.528. The molecule has 1 N–H and O–H groups in total. The van der Waals surface area contributed by atoms with Crippen LogP contribution in [-0.4, -0.2) is 48.7 Å². The molecule has 160 valence electrons. The molecule has 1 aliphatic rings. The Morgan fingerprint density at radius 1 is 1.27 bits per heavy atom. The smallest absolute Gasteiger partial charge is 0.428 e. The zero-order valence-electron chi connectivity index (χ0n) is 17.1. The average Bonchev–Trinajstić information content (AvgIpc) is 2.69. The molecule has 1 aromatic carbocycles. The van der Waals surface area contributed by atoms with E-state index in [2.05, 4.69) is 36.3 Å². The molecule has 1 aromatic heterocycles. The van der Waals surface area contributed by atoms with Gasteiger partial charge in [0.15, 0.2) is 0 Å². The van der Waals surface area contributed by atoms with Crippen LogP contribution in [0.25, 0.3) is 0 Å². The molecule has 7 nitrogen and oxygen atoms in total. The maximum atomic E-state index is 14.7. The first kappa shape index (κ1) is 22.2. The predicted molar refractivity (Wildman–Crippen MR) is 116 cm³/mol. The highest BCUT2D eigenvalue weighted by atomic mass is 79.9. The molecule has 30 heavy (non-hydrogen) atoms. The molecule has 0 aliphatic carbocycles. The van der Waals surface area contributed by atoms with Crippen molar-refractivity contribution in [2.45, 2.75) is 26.4 Å². The van der Waals surface area contributed by atoms with Crippen molar-refractivity contribution in [1.82, 2.24) is 10.4 Å². The number of hydrazone groups is 1. The molecule has 1 amide bonds. The van der Waals surface area contributed by atoms with Crippen LogP contribution in [0.5, 0.6) is 0 Å². The van der Waals surface area contributed by atoms with Crippen LogP contribution in [0.1, 0.15) is 31.9 Å². The molecule has 0 bridgehead atoms. The van der Waals surface area contributed by atoms with Crippen molar-refractivity contribution in [1.29, 1.82) is 0 Å². The zero-order chi connectivity index (χ0) is 21.7. The number of morpholine rings is 1. The van der Waals surface area contributed by atoms with E-state index in [0.717, 1.165) is 18.9 Å². The summed E-state index contributed by atoms with van der Waals surface area (Å²) in [5.74, 6) is 0.323. The number of rotatable bonds is 4. The summed E-state index contributed by atoms with van der Waals surface area (Å²) >= 11 is 3.25. The lowest BCUT2D eigenvalue weighted by molar-refractivity contribution is 0.0529. The number of nitrogens with zero attached hydrogens (tertiary/aromatic N) is 3. The van der Waals surface area contributed by atoms with Gasteiger partial charge in [0.2, 0.25) is 0 Å². The number of ether oxygens (including phenoxy) is 2. The van der Waals surface area contributed by atoms with Gasteiger partial charge >= 0.3 is 6.09 Å². The van der Waals surface area contributed by atoms with Gasteiger partial charge in [-0.15, -0.1) is 0 Å². The van der Waals surface area contributed by atoms with Gasteiger partial charge in [-0.2, -0.15) is 5.10 Å². The SMILES string of the molecule is CC(C)(C)OC(=O)N/N=C(/c1ccc(N2CCOCC2)nc1)c1ccc(Br)cc1F. The summed E-state index contributed by atoms with van der Waals surface area (Å²) < 4.78 is 25.8. The van der Waals surface area contributed by atoms with E-state index in [1.165, 1.54) is 6.07 Å². The summed E-state index contributed by atoms with van der Waals surface area (Å²) in [7, 11) is 0. The Labute approximate surface area is 183 Å². The van der Waals surface area contributed by atoms with E-state index in [4.69, 9.17) is 9.47 Å². The standard InChI is InChI=1S/C21H24BrFN4O3/c1-21(2,3)30-20(28)26-25-19(16-6-5-15(22)12-17(16)23)14-4-7-18(24-13-14)27-8-10-29-11-9-27/h4-7,12-13H,8-11H2,1-3H3,(H,26,28)/b25-19-. The van der Waals surface area contributed by atoms with Crippen LogP contribution >= 0.6 is 15.9 Å². The number of hydrogen-bond acceptors (Lipinski definition) is 6. The normalized spacial score (nSPS) is 15.1. The third-order valence-corrected chi connectivity index (χ3v) is 4.69. The van der Waals surface area contributed by atoms with Gasteiger partial charge in [0.1, 0.15) is 22.9 Å². The van der Waals surface area contributed by atoms with Crippen LogP contribution in [0, 0.1) is 5.82 Å². The number of anilines is 1. The van der Waals surface area contributed by atoms with Crippen LogP contribution in [0.2, 0.25) is 0 Å². The lowest BCUT2D eigenvalue weighted by Gasteiger charge is -2.27. The molecular weight excluding hydrogens is 455 g/mol. The molecule has 9 heteroatoms. The van der Waals surface area contributed by atoms with Crippen molar-refractivity contribution < 1.29 is 18.7 Å². The van der Waals surface area contributed by atoms with E-state index in [0.29, 0.717) is 23.2 Å². The van der Waals surface area contributed by atoms with Gasteiger partial charge < -0.3 is 14.4 Å². The molecule has 2 heterocycles. The van der Waals surface area contributed by atoms with Crippen molar-refractivity contribution in [3.05, 3.63) is 57.9 Å². The number of carbonyl (C=O) groups excluding carboxylic acids is 1. The Morgan fingerprint density at radius 3 is 2.60 bits per heavy atom. The van der Waals surface area contributed by atoms with Crippen molar-refractivity contribution >= 4 is 33.6 Å². The summed E-state index contributed by atoms with van der Waals surface area (Å²) in [5, 5.41) is 4.14. The molecule has 1 saturated heterocycles. The number of halogens is 2. The van der Waals surface area contributed by atoms with Crippen molar-refractivity contribution in [3.8, 4) is 0 Å². The van der Waals surface area contributed by atoms with Crippen molar-refractivity contribution in [3.63, 3.8) is 0 Å². The second-order valence-corrected chi connectivity index (χ2v) is 8.62.